The highest BCUT2D eigenvalue weighted by Gasteiger charge is 2.49. The largest absolute Gasteiger partial charge is 0.460 e. The number of nitrogens with zero attached hydrogens (tertiary/aromatic N) is 2. The molecule has 1 heterocycles. The van der Waals surface area contributed by atoms with Crippen LogP contribution in [0.25, 0.3) is 0 Å². The second-order valence-electron chi connectivity index (χ2n) is 12.3. The summed E-state index contributed by atoms with van der Waals surface area (Å²) in [5.74, 6) is -0.260. The van der Waals surface area contributed by atoms with Gasteiger partial charge in [-0.25, -0.2) is 0 Å². The number of para-hydroxylation sites is 1. The molecule has 2 unspecified atom stereocenters. The summed E-state index contributed by atoms with van der Waals surface area (Å²) < 4.78 is 45.7. The minimum atomic E-state index is -4.54. The topological polar surface area (TPSA) is 102 Å². The lowest BCUT2D eigenvalue weighted by Crippen LogP contribution is -2.42. The first kappa shape index (κ1) is 35.7. The van der Waals surface area contributed by atoms with Crippen LogP contribution in [0.5, 0.6) is 0 Å². The standard InChI is InChI=1S/C17H14F3N3O.C16H24O3.C2H6/c1-23-13-9-5-3-7-11(13)14(22-15(21)16(23)24)10-6-2-4-8-12(10)17(18,19)20;1-15(2,3)19-14(18)16(8-4-5-9-16)13(11-17)10-12-6-7-12;1-2/h2-9,15H,21H2,1H3;4-5,11-13H,6-10H2,1-3H3;1-2H3. The minimum absolute atomic E-state index is 0.0590. The van der Waals surface area contributed by atoms with Crippen molar-refractivity contribution < 1.29 is 32.3 Å². The van der Waals surface area contributed by atoms with Crippen molar-refractivity contribution in [2.24, 2.45) is 28.0 Å². The normalized spacial score (nSPS) is 19.5. The Kier molecular flexibility index (Phi) is 11.5. The van der Waals surface area contributed by atoms with E-state index in [1.54, 1.807) is 24.3 Å². The number of fused-ring (bicyclic) bond motifs is 1. The first-order valence-electron chi connectivity index (χ1n) is 15.4. The van der Waals surface area contributed by atoms with Gasteiger partial charge in [-0.1, -0.05) is 75.2 Å². The van der Waals surface area contributed by atoms with E-state index >= 15 is 0 Å². The number of halogens is 3. The molecule has 7 nitrogen and oxygen atoms in total. The van der Waals surface area contributed by atoms with E-state index in [0.717, 1.165) is 18.8 Å². The minimum Gasteiger partial charge on any atom is -0.460 e. The predicted molar refractivity (Wildman–Crippen MR) is 170 cm³/mol. The maximum absolute atomic E-state index is 13.4. The van der Waals surface area contributed by atoms with Crippen LogP contribution in [0.4, 0.5) is 18.9 Å². The SMILES string of the molecule is CC.CC(C)(C)OC(=O)C1(C(C=O)CC2CC2)CC=CC1.CN1C(=O)C(N)N=C(c2ccccc2C(F)(F)F)c2ccccc21. The summed E-state index contributed by atoms with van der Waals surface area (Å²) >= 11 is 0. The predicted octanol–water partition coefficient (Wildman–Crippen LogP) is 7.11. The molecule has 244 valence electrons. The fraction of sp³-hybridized carbons (Fsp3) is 0.486. The smallest absolute Gasteiger partial charge is 0.417 e. The molecule has 0 spiro atoms. The quantitative estimate of drug-likeness (QED) is 0.209. The van der Waals surface area contributed by atoms with E-state index < -0.39 is 34.8 Å². The van der Waals surface area contributed by atoms with E-state index in [2.05, 4.69) is 4.99 Å². The first-order valence-corrected chi connectivity index (χ1v) is 15.4. The van der Waals surface area contributed by atoms with Crippen molar-refractivity contribution in [2.45, 2.75) is 84.7 Å². The van der Waals surface area contributed by atoms with Crippen LogP contribution in [0.3, 0.4) is 0 Å². The van der Waals surface area contributed by atoms with E-state index in [9.17, 15) is 27.6 Å². The molecule has 0 bridgehead atoms. The van der Waals surface area contributed by atoms with Crippen LogP contribution in [0.15, 0.2) is 65.7 Å². The number of hydrogen-bond acceptors (Lipinski definition) is 6. The number of allylic oxidation sites excluding steroid dienone is 2. The van der Waals surface area contributed by atoms with Crippen molar-refractivity contribution in [2.75, 3.05) is 11.9 Å². The number of aliphatic imine (C=N–C) groups is 1. The molecule has 1 fully saturated rings. The third kappa shape index (κ3) is 8.48. The highest BCUT2D eigenvalue weighted by molar-refractivity contribution is 6.20. The van der Waals surface area contributed by atoms with Gasteiger partial charge in [-0.2, -0.15) is 13.2 Å². The Hall–Kier alpha value is -3.79. The van der Waals surface area contributed by atoms with Crippen LogP contribution in [0.2, 0.25) is 0 Å². The Morgan fingerprint density at radius 1 is 1.04 bits per heavy atom. The molecule has 3 aliphatic rings. The molecule has 1 amide bonds. The number of anilines is 1. The lowest BCUT2D eigenvalue weighted by atomic mass is 9.71. The van der Waals surface area contributed by atoms with Gasteiger partial charge in [0.1, 0.15) is 11.9 Å². The fourth-order valence-electron chi connectivity index (χ4n) is 5.49. The van der Waals surface area contributed by atoms with Gasteiger partial charge >= 0.3 is 12.1 Å². The summed E-state index contributed by atoms with van der Waals surface area (Å²) in [7, 11) is 1.52. The van der Waals surface area contributed by atoms with E-state index in [1.165, 1.54) is 43.0 Å². The van der Waals surface area contributed by atoms with Gasteiger partial charge in [0.25, 0.3) is 5.91 Å². The molecule has 2 atom stereocenters. The van der Waals surface area contributed by atoms with Crippen molar-refractivity contribution in [3.8, 4) is 0 Å². The number of benzene rings is 2. The molecule has 0 radical (unpaired) electrons. The summed E-state index contributed by atoms with van der Waals surface area (Å²) in [5, 5.41) is 0. The number of benzodiazepines with no additional fused rings is 1. The Balaban J connectivity index is 0.000000239. The number of ether oxygens (including phenoxy) is 1. The molecule has 2 aromatic carbocycles. The van der Waals surface area contributed by atoms with Gasteiger partial charge in [0.15, 0.2) is 6.17 Å². The number of alkyl halides is 3. The van der Waals surface area contributed by atoms with E-state index in [0.29, 0.717) is 30.0 Å². The van der Waals surface area contributed by atoms with E-state index in [4.69, 9.17) is 10.5 Å². The second-order valence-corrected chi connectivity index (χ2v) is 12.3. The van der Waals surface area contributed by atoms with Crippen molar-refractivity contribution in [3.05, 3.63) is 77.4 Å². The van der Waals surface area contributed by atoms with Crippen molar-refractivity contribution in [1.82, 2.24) is 0 Å². The molecule has 1 saturated carbocycles. The molecule has 2 aliphatic carbocycles. The number of esters is 1. The van der Waals surface area contributed by atoms with Crippen LogP contribution in [0.1, 0.15) is 83.4 Å². The molecule has 5 rings (SSSR count). The highest BCUT2D eigenvalue weighted by Crippen LogP contribution is 2.48. The van der Waals surface area contributed by atoms with Gasteiger partial charge in [-0.05, 0) is 58.1 Å². The van der Waals surface area contributed by atoms with Gasteiger partial charge in [0.05, 0.1) is 22.4 Å². The number of nitrogens with two attached hydrogens (primary N) is 1. The molecular weight excluding hydrogens is 583 g/mol. The Labute approximate surface area is 263 Å². The van der Waals surface area contributed by atoms with Crippen molar-refractivity contribution >= 4 is 29.6 Å². The van der Waals surface area contributed by atoms with Crippen LogP contribution >= 0.6 is 0 Å². The number of hydrogen-bond donors (Lipinski definition) is 1. The highest BCUT2D eigenvalue weighted by atomic mass is 19.4. The summed E-state index contributed by atoms with van der Waals surface area (Å²) in [4.78, 5) is 41.7. The molecule has 2 N–H and O–H groups in total. The number of carbonyl (C=O) groups excluding carboxylic acids is 3. The van der Waals surface area contributed by atoms with Crippen LogP contribution < -0.4 is 10.6 Å². The average molecular weight is 628 g/mol. The van der Waals surface area contributed by atoms with E-state index in [-0.39, 0.29) is 23.2 Å². The summed E-state index contributed by atoms with van der Waals surface area (Å²) in [6.07, 6.45) is 3.69. The average Bonchev–Trinajstić information content (AvgIpc) is 3.71. The molecule has 0 saturated heterocycles. The number of aldehydes is 1. The van der Waals surface area contributed by atoms with Gasteiger partial charge in [-0.15, -0.1) is 0 Å². The summed E-state index contributed by atoms with van der Waals surface area (Å²) in [6, 6.07) is 11.8. The zero-order valence-corrected chi connectivity index (χ0v) is 26.9. The summed E-state index contributed by atoms with van der Waals surface area (Å²) in [5.41, 5.74) is 4.67. The number of amides is 1. The lowest BCUT2D eigenvalue weighted by molar-refractivity contribution is -0.171. The van der Waals surface area contributed by atoms with Gasteiger partial charge in [0, 0.05) is 24.1 Å². The zero-order valence-electron chi connectivity index (χ0n) is 26.9. The summed E-state index contributed by atoms with van der Waals surface area (Å²) in [6.45, 7) is 9.62. The fourth-order valence-corrected chi connectivity index (χ4v) is 5.49. The van der Waals surface area contributed by atoms with Crippen LogP contribution in [-0.4, -0.2) is 42.7 Å². The Morgan fingerprint density at radius 2 is 1.60 bits per heavy atom. The molecule has 0 aromatic heterocycles. The third-order valence-corrected chi connectivity index (χ3v) is 7.95. The second kappa shape index (κ2) is 14.5. The lowest BCUT2D eigenvalue weighted by Gasteiger charge is -2.35. The van der Waals surface area contributed by atoms with Gasteiger partial charge in [-0.3, -0.25) is 14.6 Å². The zero-order chi connectivity index (χ0) is 33.6. The first-order chi connectivity index (χ1) is 21.2. The Morgan fingerprint density at radius 3 is 2.13 bits per heavy atom. The molecular formula is C35H44F3N3O4. The van der Waals surface area contributed by atoms with Crippen LogP contribution in [-0.2, 0) is 25.3 Å². The molecule has 45 heavy (non-hydrogen) atoms. The van der Waals surface area contributed by atoms with Crippen molar-refractivity contribution in [3.63, 3.8) is 0 Å². The Bertz CT molecular complexity index is 1420. The maximum Gasteiger partial charge on any atom is 0.417 e. The number of likely N-dealkylation sites (N-methyl/N-ethyl adjacent to an activating group) is 1. The maximum atomic E-state index is 13.4. The van der Waals surface area contributed by atoms with Gasteiger partial charge < -0.3 is 20.2 Å². The monoisotopic (exact) mass is 627 g/mol. The van der Waals surface area contributed by atoms with Crippen molar-refractivity contribution in [1.29, 1.82) is 0 Å². The molecule has 10 heteroatoms. The van der Waals surface area contributed by atoms with Crippen LogP contribution in [0, 0.1) is 17.3 Å². The van der Waals surface area contributed by atoms with E-state index in [1.807, 2.05) is 46.8 Å². The number of carbonyl (C=O) groups is 3. The third-order valence-electron chi connectivity index (χ3n) is 7.95. The molecule has 1 aliphatic heterocycles. The number of rotatable bonds is 6. The molecule has 2 aromatic rings. The van der Waals surface area contributed by atoms with Gasteiger partial charge in [0.2, 0.25) is 0 Å².